The molecule has 0 radical (unpaired) electrons. The van der Waals surface area contributed by atoms with Crippen molar-refractivity contribution in [3.63, 3.8) is 0 Å². The maximum atomic E-state index is 13.7. The van der Waals surface area contributed by atoms with Crippen LogP contribution in [0.5, 0.6) is 5.75 Å². The zero-order valence-corrected chi connectivity index (χ0v) is 35.0. The summed E-state index contributed by atoms with van der Waals surface area (Å²) in [4.78, 5) is 21.2. The predicted molar refractivity (Wildman–Crippen MR) is 217 cm³/mol. The number of piperazine rings is 2. The van der Waals surface area contributed by atoms with E-state index in [1.54, 1.807) is 17.3 Å². The molecule has 55 heavy (non-hydrogen) atoms. The van der Waals surface area contributed by atoms with Crippen molar-refractivity contribution < 1.29 is 26.4 Å². The number of nitrogens with zero attached hydrogens (tertiary/aromatic N) is 4. The minimum atomic E-state index is -3.92. The highest BCUT2D eigenvalue weighted by Crippen LogP contribution is 2.48. The van der Waals surface area contributed by atoms with Crippen LogP contribution in [0.25, 0.3) is 0 Å². The summed E-state index contributed by atoms with van der Waals surface area (Å²) in [6.07, 6.45) is 9.30. The van der Waals surface area contributed by atoms with Gasteiger partial charge in [-0.15, -0.1) is 0 Å². The lowest BCUT2D eigenvalue weighted by atomic mass is 9.65. The van der Waals surface area contributed by atoms with E-state index in [9.17, 15) is 21.6 Å². The van der Waals surface area contributed by atoms with Gasteiger partial charge in [0.1, 0.15) is 5.75 Å². The molecule has 2 aromatic rings. The van der Waals surface area contributed by atoms with Gasteiger partial charge in [-0.1, -0.05) is 31.0 Å². The number of sulfonamides is 2. The van der Waals surface area contributed by atoms with Crippen LogP contribution in [0.1, 0.15) is 80.3 Å². The molecule has 1 amide bonds. The van der Waals surface area contributed by atoms with Crippen LogP contribution < -0.4 is 14.4 Å². The second-order valence-corrected chi connectivity index (χ2v) is 22.2. The molecule has 7 atom stereocenters. The van der Waals surface area contributed by atoms with Crippen LogP contribution in [-0.4, -0.2) is 120 Å². The Kier molecular flexibility index (Phi) is 11.0. The average Bonchev–Trinajstić information content (AvgIpc) is 3.28. The van der Waals surface area contributed by atoms with Crippen LogP contribution in [0.2, 0.25) is 5.02 Å². The van der Waals surface area contributed by atoms with Gasteiger partial charge in [-0.25, -0.2) is 21.6 Å². The molecule has 2 bridgehead atoms. The molecule has 302 valence electrons. The summed E-state index contributed by atoms with van der Waals surface area (Å²) < 4.78 is 62.9. The molecule has 3 fully saturated rings. The number of carbonyl (C=O) groups is 1. The van der Waals surface area contributed by atoms with Crippen LogP contribution in [0.15, 0.2) is 36.4 Å². The lowest BCUT2D eigenvalue weighted by molar-refractivity contribution is 0.00865. The number of hydrogen-bond donors (Lipinski definition) is 1. The molecule has 2 aliphatic carbocycles. The molecule has 1 spiro atoms. The van der Waals surface area contributed by atoms with Crippen molar-refractivity contribution in [3.05, 3.63) is 58.1 Å². The maximum absolute atomic E-state index is 13.7. The summed E-state index contributed by atoms with van der Waals surface area (Å²) in [5.41, 5.74) is 3.47. The molecule has 11 nitrogen and oxygen atoms in total. The van der Waals surface area contributed by atoms with E-state index >= 15 is 0 Å². The Bertz CT molecular complexity index is 2000. The van der Waals surface area contributed by atoms with E-state index in [4.69, 9.17) is 16.3 Å². The molecule has 14 heteroatoms. The highest BCUT2D eigenvalue weighted by atomic mass is 35.5. The van der Waals surface area contributed by atoms with Crippen molar-refractivity contribution in [2.24, 2.45) is 23.7 Å². The Morgan fingerprint density at radius 1 is 0.964 bits per heavy atom. The van der Waals surface area contributed by atoms with Gasteiger partial charge in [0, 0.05) is 80.9 Å². The van der Waals surface area contributed by atoms with Crippen molar-refractivity contribution in [2.75, 3.05) is 76.7 Å². The van der Waals surface area contributed by atoms with Gasteiger partial charge in [-0.3, -0.25) is 9.69 Å². The molecule has 4 heterocycles. The molecule has 8 rings (SSSR count). The molecule has 2 saturated heterocycles. The Hall–Kier alpha value is -2.42. The number of anilines is 1. The van der Waals surface area contributed by atoms with Gasteiger partial charge < -0.3 is 14.5 Å². The second kappa shape index (κ2) is 15.4. The molecule has 6 aliphatic rings. The Morgan fingerprint density at radius 2 is 1.78 bits per heavy atom. The lowest BCUT2D eigenvalue weighted by Crippen LogP contribution is -2.63. The molecular formula is C41H58ClN5O6S2. The van der Waals surface area contributed by atoms with Gasteiger partial charge in [0.15, 0.2) is 0 Å². The Balaban J connectivity index is 1.12. The number of rotatable bonds is 3. The molecule has 1 saturated carbocycles. The smallest absolute Gasteiger partial charge is 0.264 e. The van der Waals surface area contributed by atoms with E-state index in [-0.39, 0.29) is 17.4 Å². The minimum Gasteiger partial charge on any atom is -0.490 e. The average molecular weight is 817 g/mol. The topological polar surface area (TPSA) is 120 Å². The van der Waals surface area contributed by atoms with Gasteiger partial charge in [-0.2, -0.15) is 4.31 Å². The van der Waals surface area contributed by atoms with E-state index < -0.39 is 31.2 Å². The van der Waals surface area contributed by atoms with Crippen molar-refractivity contribution in [2.45, 2.75) is 81.9 Å². The molecule has 0 aromatic heterocycles. The quantitative estimate of drug-likeness (QED) is 0.458. The third-order valence-electron chi connectivity index (χ3n) is 14.3. The molecule has 4 aliphatic heterocycles. The number of nitrogens with one attached hydrogen (secondary N) is 1. The molecule has 2 aromatic carbocycles. The largest absolute Gasteiger partial charge is 0.490 e. The number of hydrogen-bond acceptors (Lipinski definition) is 9. The number of amides is 1. The first kappa shape index (κ1) is 39.4. The van der Waals surface area contributed by atoms with Gasteiger partial charge in [-0.05, 0) is 117 Å². The maximum Gasteiger partial charge on any atom is 0.264 e. The highest BCUT2D eigenvalue weighted by Gasteiger charge is 2.45. The molecule has 1 N–H and O–H groups in total. The third kappa shape index (κ3) is 8.04. The summed E-state index contributed by atoms with van der Waals surface area (Å²) in [6.45, 7) is 11.4. The van der Waals surface area contributed by atoms with Gasteiger partial charge >= 0.3 is 0 Å². The van der Waals surface area contributed by atoms with E-state index in [0.29, 0.717) is 43.0 Å². The first-order valence-corrected chi connectivity index (χ1v) is 24.2. The zero-order valence-electron chi connectivity index (χ0n) is 32.6. The van der Waals surface area contributed by atoms with E-state index in [1.807, 2.05) is 25.1 Å². The summed E-state index contributed by atoms with van der Waals surface area (Å²) in [6, 6.07) is 11.8. The van der Waals surface area contributed by atoms with Crippen molar-refractivity contribution in [1.82, 2.24) is 18.8 Å². The number of carbonyl (C=O) groups excluding carboxylic acids is 1. The fourth-order valence-electron chi connectivity index (χ4n) is 10.7. The minimum absolute atomic E-state index is 0.121. The van der Waals surface area contributed by atoms with E-state index in [0.717, 1.165) is 114 Å². The summed E-state index contributed by atoms with van der Waals surface area (Å²) >= 11 is 6.50. The van der Waals surface area contributed by atoms with E-state index in [2.05, 4.69) is 31.6 Å². The fraction of sp³-hybridized carbons (Fsp3) is 0.683. The van der Waals surface area contributed by atoms with Gasteiger partial charge in [0.2, 0.25) is 20.0 Å². The molecule has 0 unspecified atom stereocenters. The summed E-state index contributed by atoms with van der Waals surface area (Å²) in [5.74, 6) is 1.40. The van der Waals surface area contributed by atoms with Crippen LogP contribution in [0.4, 0.5) is 5.69 Å². The number of benzene rings is 2. The van der Waals surface area contributed by atoms with Crippen molar-refractivity contribution in [3.8, 4) is 5.75 Å². The van der Waals surface area contributed by atoms with E-state index in [1.165, 1.54) is 17.4 Å². The lowest BCUT2D eigenvalue weighted by Gasteiger charge is -2.50. The Labute approximate surface area is 333 Å². The number of fused-ring (bicyclic) bond motifs is 5. The number of halogens is 1. The summed E-state index contributed by atoms with van der Waals surface area (Å²) in [7, 11) is -7.16. The van der Waals surface area contributed by atoms with Crippen LogP contribution in [0, 0.1) is 23.7 Å². The third-order valence-corrected chi connectivity index (χ3v) is 17.7. The second-order valence-electron chi connectivity index (χ2n) is 17.7. The zero-order chi connectivity index (χ0) is 38.7. The van der Waals surface area contributed by atoms with Crippen LogP contribution >= 0.6 is 11.6 Å². The predicted octanol–water partition coefficient (Wildman–Crippen LogP) is 4.99. The van der Waals surface area contributed by atoms with Crippen molar-refractivity contribution in [1.29, 1.82) is 0 Å². The van der Waals surface area contributed by atoms with Crippen LogP contribution in [-0.2, 0) is 31.9 Å². The standard InChI is InChI=1S/C41H58ClN5O6S2/c1-28-6-4-7-32(22-44-16-17-45-18-19-47(54(3,49)50)25-35(45)24-44)36-12-9-33(36)23-46-26-41(15-5-8-30-20-34(42)11-13-37(30)41)27-53-39-14-10-31(21-38(39)46)40(48)43-55(51,52)29(28)2/h10-11,13-14,20-21,28-29,32-33,35-36H,4-9,12,15-19,22-27H2,1-3H3,(H,43,48)/t28-,29+,32-,33-,35+,36-,41-/m0/s1. The fourth-order valence-corrected chi connectivity index (χ4v) is 13.1. The SMILES string of the molecule is C[C@@H]1[C@@H](C)CCC[C@@H](CN2CCN3CCN(S(C)(=O)=O)C[C@H]3C2)[C@@H]2CC[C@H]2CN2C[C@@]3(CCCc4cc(Cl)ccc43)COc3ccc(cc32)C(=O)NS1(=O)=O. The monoisotopic (exact) mass is 815 g/mol. The number of aryl methyl sites for hydroxylation is 1. The Morgan fingerprint density at radius 3 is 2.56 bits per heavy atom. The first-order chi connectivity index (χ1) is 26.2. The normalized spacial score (nSPS) is 33.6. The van der Waals surface area contributed by atoms with Crippen molar-refractivity contribution >= 4 is 43.2 Å². The van der Waals surface area contributed by atoms with Gasteiger partial charge in [0.25, 0.3) is 5.91 Å². The molecular weight excluding hydrogens is 758 g/mol. The highest BCUT2D eigenvalue weighted by molar-refractivity contribution is 7.90. The number of ether oxygens (including phenoxy) is 1. The first-order valence-electron chi connectivity index (χ1n) is 20.5. The van der Waals surface area contributed by atoms with Crippen LogP contribution in [0.3, 0.4) is 0 Å². The summed E-state index contributed by atoms with van der Waals surface area (Å²) in [5, 5.41) is 0.0192. The van der Waals surface area contributed by atoms with Gasteiger partial charge in [0.05, 0.1) is 23.8 Å².